The Labute approximate surface area is 196 Å². The Morgan fingerprint density at radius 3 is 2.34 bits per heavy atom. The molecule has 0 amide bonds. The van der Waals surface area contributed by atoms with Gasteiger partial charge in [-0.15, -0.1) is 11.3 Å². The number of ether oxygens (including phenoxy) is 1. The van der Waals surface area contributed by atoms with Gasteiger partial charge in [-0.3, -0.25) is 0 Å². The van der Waals surface area contributed by atoms with Gasteiger partial charge in [0.15, 0.2) is 5.88 Å². The average molecular weight is 460 g/mol. The monoisotopic (exact) mass is 459 g/mol. The van der Waals surface area contributed by atoms with Crippen LogP contribution in [0.1, 0.15) is 93.6 Å². The van der Waals surface area contributed by atoms with Crippen molar-refractivity contribution in [2.75, 3.05) is 12.0 Å². The summed E-state index contributed by atoms with van der Waals surface area (Å²) in [5.41, 5.74) is 1.57. The second kappa shape index (κ2) is 10.3. The van der Waals surface area contributed by atoms with Crippen LogP contribution in [0.5, 0.6) is 0 Å². The van der Waals surface area contributed by atoms with Gasteiger partial charge < -0.3 is 19.8 Å². The van der Waals surface area contributed by atoms with Crippen LogP contribution in [0.2, 0.25) is 0 Å². The molecule has 0 atom stereocenters. The van der Waals surface area contributed by atoms with E-state index in [1.165, 1.54) is 18.4 Å². The number of aliphatic hydroxyl groups excluding tert-OH is 2. The van der Waals surface area contributed by atoms with Gasteiger partial charge in [0.1, 0.15) is 4.88 Å². The maximum atomic E-state index is 12.7. The number of anilines is 1. The van der Waals surface area contributed by atoms with Gasteiger partial charge in [0.2, 0.25) is 0 Å². The summed E-state index contributed by atoms with van der Waals surface area (Å²) >= 11 is 1.32. The highest BCUT2D eigenvalue weighted by Crippen LogP contribution is 2.40. The molecule has 0 unspecified atom stereocenters. The van der Waals surface area contributed by atoms with Crippen molar-refractivity contribution in [3.05, 3.63) is 27.3 Å². The molecule has 2 aliphatic carbocycles. The molecule has 3 rings (SSSR count). The first-order valence-electron chi connectivity index (χ1n) is 11.7. The lowest BCUT2D eigenvalue weighted by atomic mass is 9.86. The predicted molar refractivity (Wildman–Crippen MR) is 130 cm³/mol. The summed E-state index contributed by atoms with van der Waals surface area (Å²) in [5.74, 6) is 6.97. The normalized spacial score (nSPS) is 23.8. The molecule has 0 aliphatic heterocycles. The fraction of sp³-hybridized carbons (Fsp3) is 0.654. The van der Waals surface area contributed by atoms with Crippen molar-refractivity contribution in [3.63, 3.8) is 0 Å². The lowest BCUT2D eigenvalue weighted by Gasteiger charge is -2.38. The molecular formula is C26H37NO4S. The molecule has 6 heteroatoms. The molecule has 0 spiro atoms. The van der Waals surface area contributed by atoms with Crippen LogP contribution in [0, 0.1) is 23.2 Å². The second-order valence-corrected chi connectivity index (χ2v) is 11.3. The minimum Gasteiger partial charge on any atom is -0.494 e. The average Bonchev–Trinajstić information content (AvgIpc) is 3.17. The largest absolute Gasteiger partial charge is 0.494 e. The molecule has 0 saturated heterocycles. The maximum Gasteiger partial charge on any atom is 0.350 e. The van der Waals surface area contributed by atoms with Gasteiger partial charge in [0.25, 0.3) is 0 Å². The quantitative estimate of drug-likeness (QED) is 0.327. The van der Waals surface area contributed by atoms with Gasteiger partial charge in [0.05, 0.1) is 23.8 Å². The Morgan fingerprint density at radius 2 is 1.78 bits per heavy atom. The molecule has 1 heterocycles. The highest BCUT2D eigenvalue weighted by Gasteiger charge is 2.33. The van der Waals surface area contributed by atoms with E-state index < -0.39 is 5.97 Å². The number of nitrogens with zero attached hydrogens (tertiary/aromatic N) is 1. The van der Waals surface area contributed by atoms with E-state index in [-0.39, 0.29) is 23.4 Å². The smallest absolute Gasteiger partial charge is 0.350 e. The van der Waals surface area contributed by atoms with Crippen LogP contribution < -0.4 is 4.90 Å². The number of hydrogen-bond donors (Lipinski definition) is 2. The topological polar surface area (TPSA) is 70.0 Å². The molecule has 1 aromatic rings. The van der Waals surface area contributed by atoms with Crippen LogP contribution in [-0.4, -0.2) is 35.4 Å². The molecule has 1 aromatic heterocycles. The van der Waals surface area contributed by atoms with E-state index in [1.807, 2.05) is 11.0 Å². The van der Waals surface area contributed by atoms with Crippen LogP contribution in [0.4, 0.5) is 5.69 Å². The van der Waals surface area contributed by atoms with Gasteiger partial charge >= 0.3 is 5.97 Å². The number of aliphatic hydroxyl groups is 2. The summed E-state index contributed by atoms with van der Waals surface area (Å²) in [5, 5.41) is 21.5. The Bertz CT molecular complexity index is 896. The van der Waals surface area contributed by atoms with E-state index in [2.05, 4.69) is 39.5 Å². The number of esters is 1. The third-order valence-electron chi connectivity index (χ3n) is 6.36. The van der Waals surface area contributed by atoms with E-state index in [0.29, 0.717) is 29.3 Å². The predicted octanol–water partition coefficient (Wildman–Crippen LogP) is 6.02. The molecule has 2 aliphatic rings. The summed E-state index contributed by atoms with van der Waals surface area (Å²) < 4.78 is 5.09. The Morgan fingerprint density at radius 1 is 1.16 bits per heavy atom. The van der Waals surface area contributed by atoms with Gasteiger partial charge in [-0.05, 0) is 89.7 Å². The zero-order valence-corrected chi connectivity index (χ0v) is 20.8. The van der Waals surface area contributed by atoms with Crippen molar-refractivity contribution in [2.24, 2.45) is 11.3 Å². The van der Waals surface area contributed by atoms with Crippen LogP contribution in [0.15, 0.2) is 17.5 Å². The number of thiophene rings is 1. The van der Waals surface area contributed by atoms with Gasteiger partial charge in [-0.25, -0.2) is 4.79 Å². The molecule has 5 nitrogen and oxygen atoms in total. The Kier molecular flexibility index (Phi) is 7.95. The van der Waals surface area contributed by atoms with Crippen molar-refractivity contribution in [1.82, 2.24) is 0 Å². The number of methoxy groups -OCH3 is 1. The zero-order valence-electron chi connectivity index (χ0n) is 20.0. The summed E-state index contributed by atoms with van der Waals surface area (Å²) in [6.45, 7) is 8.41. The first kappa shape index (κ1) is 24.7. The van der Waals surface area contributed by atoms with E-state index in [0.717, 1.165) is 49.0 Å². The van der Waals surface area contributed by atoms with Crippen LogP contribution in [-0.2, 0) is 4.74 Å². The van der Waals surface area contributed by atoms with Crippen molar-refractivity contribution in [1.29, 1.82) is 0 Å². The van der Waals surface area contributed by atoms with Gasteiger partial charge in [-0.1, -0.05) is 18.8 Å². The fourth-order valence-electron chi connectivity index (χ4n) is 4.41. The van der Waals surface area contributed by atoms with Crippen LogP contribution >= 0.6 is 11.3 Å². The Hall–Kier alpha value is -1.97. The van der Waals surface area contributed by atoms with Crippen molar-refractivity contribution in [3.8, 4) is 11.8 Å². The number of carbonyl (C=O) groups excluding carboxylic acids is 1. The van der Waals surface area contributed by atoms with Gasteiger partial charge in [-0.2, -0.15) is 0 Å². The van der Waals surface area contributed by atoms with Crippen LogP contribution in [0.25, 0.3) is 0 Å². The lowest BCUT2D eigenvalue weighted by Crippen LogP contribution is -2.40. The zero-order chi connectivity index (χ0) is 23.5. The molecule has 2 saturated carbocycles. The van der Waals surface area contributed by atoms with Crippen molar-refractivity contribution in [2.45, 2.75) is 91.2 Å². The molecule has 2 fully saturated rings. The third-order valence-corrected chi connectivity index (χ3v) is 7.38. The minimum atomic E-state index is -0.412. The molecular weight excluding hydrogens is 422 g/mol. The van der Waals surface area contributed by atoms with Crippen LogP contribution in [0.3, 0.4) is 0 Å². The van der Waals surface area contributed by atoms with Gasteiger partial charge in [0, 0.05) is 11.5 Å². The first-order chi connectivity index (χ1) is 15.1. The second-order valence-electron chi connectivity index (χ2n) is 10.3. The number of rotatable bonds is 4. The SMILES string of the molecule is COC(=O)c1sc(C#CC(C)(C)C)cc1N(C(O)=C1CCC(C)CC1)C1CCC(O)CC1. The molecule has 0 bridgehead atoms. The van der Waals surface area contributed by atoms with E-state index >= 15 is 0 Å². The summed E-state index contributed by atoms with van der Waals surface area (Å²) in [7, 11) is 1.38. The highest BCUT2D eigenvalue weighted by atomic mass is 32.1. The number of carbonyl (C=O) groups is 1. The molecule has 2 N–H and O–H groups in total. The number of allylic oxidation sites excluding steroid dienone is 1. The summed E-state index contributed by atoms with van der Waals surface area (Å²) in [6, 6.07) is 1.94. The summed E-state index contributed by atoms with van der Waals surface area (Å²) in [4.78, 5) is 15.9. The third kappa shape index (κ3) is 6.08. The minimum absolute atomic E-state index is 0.0201. The Balaban J connectivity index is 2.08. The molecule has 32 heavy (non-hydrogen) atoms. The van der Waals surface area contributed by atoms with E-state index in [1.54, 1.807) is 0 Å². The summed E-state index contributed by atoms with van der Waals surface area (Å²) in [6.07, 6.45) is 6.46. The molecule has 176 valence electrons. The molecule has 0 aromatic carbocycles. The van der Waals surface area contributed by atoms with E-state index in [9.17, 15) is 15.0 Å². The lowest BCUT2D eigenvalue weighted by molar-refractivity contribution is 0.0606. The first-order valence-corrected chi connectivity index (χ1v) is 12.5. The standard InChI is InChI=1S/C26H37NO4S/c1-17-6-8-18(9-7-17)24(29)27(19-10-12-20(28)13-11-19)22-16-21(14-15-26(2,3)4)32-23(22)25(30)31-5/h16-17,19-20,28-29H,6-13H2,1-5H3. The molecule has 0 radical (unpaired) electrons. The highest BCUT2D eigenvalue weighted by molar-refractivity contribution is 7.15. The maximum absolute atomic E-state index is 12.7. The number of hydrogen-bond acceptors (Lipinski definition) is 6. The van der Waals surface area contributed by atoms with E-state index in [4.69, 9.17) is 4.74 Å². The van der Waals surface area contributed by atoms with Crippen molar-refractivity contribution < 1.29 is 19.7 Å². The fourth-order valence-corrected chi connectivity index (χ4v) is 5.34. The van der Waals surface area contributed by atoms with Crippen molar-refractivity contribution >= 4 is 23.0 Å².